The van der Waals surface area contributed by atoms with E-state index < -0.39 is 18.2 Å². The lowest BCUT2D eigenvalue weighted by atomic mass is 9.97. The molecule has 1 aromatic heterocycles. The third kappa shape index (κ3) is 11.4. The average molecular weight is 514 g/mol. The number of thiazole rings is 1. The highest BCUT2D eigenvalue weighted by molar-refractivity contribution is 7.09. The van der Waals surface area contributed by atoms with E-state index >= 15 is 0 Å². The number of rotatable bonds is 18. The van der Waals surface area contributed by atoms with Crippen LogP contribution >= 0.6 is 11.3 Å². The van der Waals surface area contributed by atoms with Crippen LogP contribution in [0.4, 0.5) is 4.79 Å². The monoisotopic (exact) mass is 513 g/mol. The van der Waals surface area contributed by atoms with Crippen LogP contribution in [0.25, 0.3) is 0 Å². The number of aromatic carboxylic acids is 1. The van der Waals surface area contributed by atoms with Crippen LogP contribution in [0.2, 0.25) is 0 Å². The summed E-state index contributed by atoms with van der Waals surface area (Å²) in [4.78, 5) is 47.1. The molecule has 0 bridgehead atoms. The van der Waals surface area contributed by atoms with Gasteiger partial charge in [-0.1, -0.05) is 60.3 Å². The summed E-state index contributed by atoms with van der Waals surface area (Å²) in [5.41, 5.74) is -0.100. The van der Waals surface area contributed by atoms with E-state index in [1.165, 1.54) is 10.4 Å². The van der Waals surface area contributed by atoms with Crippen LogP contribution in [0.1, 0.15) is 114 Å². The Labute approximate surface area is 213 Å². The Hall–Kier alpha value is -2.20. The van der Waals surface area contributed by atoms with Gasteiger partial charge in [-0.15, -0.1) is 11.3 Å². The first-order valence-corrected chi connectivity index (χ1v) is 13.7. The summed E-state index contributed by atoms with van der Waals surface area (Å²) in [6.45, 7) is 11.0. The number of hydrogen-bond donors (Lipinski definition) is 2. The Morgan fingerprint density at radius 1 is 1.09 bits per heavy atom. The minimum atomic E-state index is -1.14. The zero-order chi connectivity index (χ0) is 26.2. The number of ether oxygens (including phenoxy) is 1. The first-order chi connectivity index (χ1) is 16.7. The lowest BCUT2D eigenvalue weighted by Gasteiger charge is -2.35. The van der Waals surface area contributed by atoms with Crippen LogP contribution in [0.3, 0.4) is 0 Å². The van der Waals surface area contributed by atoms with Crippen molar-refractivity contribution in [3.63, 3.8) is 0 Å². The highest BCUT2D eigenvalue weighted by atomic mass is 32.1. The van der Waals surface area contributed by atoms with Gasteiger partial charge in [0.25, 0.3) is 0 Å². The Kier molecular flexibility index (Phi) is 15.2. The molecule has 0 aliphatic carbocycles. The molecule has 2 atom stereocenters. The number of carboxylic acid groups (broad SMARTS) is 1. The van der Waals surface area contributed by atoms with Crippen molar-refractivity contribution in [3.8, 4) is 0 Å². The number of carboxylic acids is 1. The molecular weight excluding hydrogens is 470 g/mol. The van der Waals surface area contributed by atoms with Crippen molar-refractivity contribution < 1.29 is 29.1 Å². The smallest absolute Gasteiger partial charge is 0.407 e. The summed E-state index contributed by atoms with van der Waals surface area (Å²) in [6.07, 6.45) is 5.70. The number of amides is 2. The molecule has 2 amide bonds. The topological polar surface area (TPSA) is 118 Å². The van der Waals surface area contributed by atoms with Crippen molar-refractivity contribution in [2.75, 3.05) is 13.2 Å². The van der Waals surface area contributed by atoms with Crippen molar-refractivity contribution >= 4 is 29.3 Å². The Bertz CT molecular complexity index is 770. The molecule has 10 heteroatoms. The van der Waals surface area contributed by atoms with Crippen molar-refractivity contribution in [3.05, 3.63) is 16.1 Å². The summed E-state index contributed by atoms with van der Waals surface area (Å²) in [5, 5.41) is 15.3. The number of unbranched alkanes of at least 4 members (excludes halogenated alkanes) is 4. The van der Waals surface area contributed by atoms with Crippen LogP contribution in [-0.4, -0.2) is 52.3 Å². The summed E-state index contributed by atoms with van der Waals surface area (Å²) >= 11 is 1.13. The first-order valence-electron chi connectivity index (χ1n) is 12.8. The van der Waals surface area contributed by atoms with Gasteiger partial charge >= 0.3 is 12.1 Å². The van der Waals surface area contributed by atoms with E-state index in [-0.39, 0.29) is 30.0 Å². The molecule has 2 N–H and O–H groups in total. The van der Waals surface area contributed by atoms with Crippen LogP contribution in [0.5, 0.6) is 0 Å². The van der Waals surface area contributed by atoms with E-state index in [0.29, 0.717) is 24.6 Å². The number of nitrogens with one attached hydrogen (secondary N) is 1. The number of hydroxylamine groups is 2. The summed E-state index contributed by atoms with van der Waals surface area (Å²) < 4.78 is 5.69. The molecule has 0 saturated heterocycles. The minimum Gasteiger partial charge on any atom is -0.476 e. The molecule has 35 heavy (non-hydrogen) atoms. The van der Waals surface area contributed by atoms with Gasteiger partial charge in [-0.3, -0.25) is 9.63 Å². The third-order valence-electron chi connectivity index (χ3n) is 5.53. The molecule has 0 aromatic carbocycles. The van der Waals surface area contributed by atoms with Crippen molar-refractivity contribution in [1.82, 2.24) is 15.4 Å². The molecule has 1 aromatic rings. The Balaban J connectivity index is 3.16. The molecule has 200 valence electrons. The molecule has 1 heterocycles. The fourth-order valence-corrected chi connectivity index (χ4v) is 4.30. The van der Waals surface area contributed by atoms with E-state index in [1.807, 2.05) is 27.7 Å². The molecule has 0 radical (unpaired) electrons. The van der Waals surface area contributed by atoms with Gasteiger partial charge in [-0.25, -0.2) is 19.6 Å². The molecular formula is C25H43N3O6S. The van der Waals surface area contributed by atoms with Gasteiger partial charge < -0.3 is 15.2 Å². The maximum atomic E-state index is 13.1. The maximum absolute atomic E-state index is 13.1. The standard InChI is InChI=1S/C25H43N3O6S/c1-6-9-11-12-15-33-28(22(29)13-10-7-2)20(18(4)5)16-21(34-25(32)26-14-8-3)23-27-19(17-35-23)24(30)31/h17-18,20-21H,6-16H2,1-5H3,(H,26,32)(H,30,31). The van der Waals surface area contributed by atoms with Crippen LogP contribution in [0, 0.1) is 5.92 Å². The molecule has 9 nitrogen and oxygen atoms in total. The maximum Gasteiger partial charge on any atom is 0.407 e. The lowest BCUT2D eigenvalue weighted by molar-refractivity contribution is -0.209. The second-order valence-electron chi connectivity index (χ2n) is 8.96. The van der Waals surface area contributed by atoms with Gasteiger partial charge in [-0.05, 0) is 25.2 Å². The summed E-state index contributed by atoms with van der Waals surface area (Å²) in [5.74, 6) is -1.24. The van der Waals surface area contributed by atoms with Crippen molar-refractivity contribution in [2.45, 2.75) is 105 Å². The molecule has 0 fully saturated rings. The number of hydrogen-bond acceptors (Lipinski definition) is 7. The van der Waals surface area contributed by atoms with Gasteiger partial charge in [-0.2, -0.15) is 0 Å². The van der Waals surface area contributed by atoms with Crippen LogP contribution in [0.15, 0.2) is 5.38 Å². The van der Waals surface area contributed by atoms with Gasteiger partial charge in [0.05, 0.1) is 12.6 Å². The van der Waals surface area contributed by atoms with Crippen LogP contribution in [-0.2, 0) is 14.4 Å². The second-order valence-corrected chi connectivity index (χ2v) is 9.85. The van der Waals surface area contributed by atoms with E-state index in [1.54, 1.807) is 0 Å². The molecule has 0 aliphatic heterocycles. The highest BCUT2D eigenvalue weighted by Gasteiger charge is 2.33. The molecule has 2 unspecified atom stereocenters. The first kappa shape index (κ1) is 30.8. The zero-order valence-corrected chi connectivity index (χ0v) is 22.7. The number of alkyl carbamates (subject to hydrolysis) is 1. The predicted molar refractivity (Wildman–Crippen MR) is 136 cm³/mol. The average Bonchev–Trinajstić information content (AvgIpc) is 3.32. The molecule has 0 saturated carbocycles. The van der Waals surface area contributed by atoms with Crippen molar-refractivity contribution in [1.29, 1.82) is 0 Å². The van der Waals surface area contributed by atoms with Crippen molar-refractivity contribution in [2.24, 2.45) is 5.92 Å². The quantitative estimate of drug-likeness (QED) is 0.183. The van der Waals surface area contributed by atoms with E-state index in [4.69, 9.17) is 9.57 Å². The van der Waals surface area contributed by atoms with Gasteiger partial charge in [0.2, 0.25) is 5.91 Å². The van der Waals surface area contributed by atoms with E-state index in [9.17, 15) is 19.5 Å². The molecule has 0 aliphatic rings. The number of aromatic nitrogens is 1. The highest BCUT2D eigenvalue weighted by Crippen LogP contribution is 2.31. The molecule has 0 spiro atoms. The zero-order valence-electron chi connectivity index (χ0n) is 21.9. The molecule has 1 rings (SSSR count). The normalized spacial score (nSPS) is 12.9. The fraction of sp³-hybridized carbons (Fsp3) is 0.760. The lowest BCUT2D eigenvalue weighted by Crippen LogP contribution is -2.45. The van der Waals surface area contributed by atoms with Gasteiger partial charge in [0, 0.05) is 24.8 Å². The van der Waals surface area contributed by atoms with E-state index in [2.05, 4.69) is 17.2 Å². The largest absolute Gasteiger partial charge is 0.476 e. The Morgan fingerprint density at radius 2 is 1.80 bits per heavy atom. The van der Waals surface area contributed by atoms with Gasteiger partial charge in [0.15, 0.2) is 11.8 Å². The SMILES string of the molecule is CCCCCCON(C(=O)CCCC)C(CC(OC(=O)NCCC)c1nc(C(=O)O)cs1)C(C)C. The third-order valence-corrected chi connectivity index (χ3v) is 6.47. The summed E-state index contributed by atoms with van der Waals surface area (Å²) in [6, 6.07) is -0.383. The summed E-state index contributed by atoms with van der Waals surface area (Å²) in [7, 11) is 0. The van der Waals surface area contributed by atoms with Crippen LogP contribution < -0.4 is 5.32 Å². The second kappa shape index (κ2) is 17.3. The van der Waals surface area contributed by atoms with E-state index in [0.717, 1.165) is 56.3 Å². The number of nitrogens with zero attached hydrogens (tertiary/aromatic N) is 2. The van der Waals surface area contributed by atoms with Gasteiger partial charge in [0.1, 0.15) is 5.01 Å². The fourth-order valence-electron chi connectivity index (χ4n) is 3.47. The number of carbonyl (C=O) groups is 3. The predicted octanol–water partition coefficient (Wildman–Crippen LogP) is 5.96. The Morgan fingerprint density at radius 3 is 2.37 bits per heavy atom. The minimum absolute atomic E-state index is 0.0000669. The number of carbonyl (C=O) groups excluding carboxylic acids is 2.